The van der Waals surface area contributed by atoms with E-state index in [-0.39, 0.29) is 42.3 Å². The van der Waals surface area contributed by atoms with Gasteiger partial charge in [0.15, 0.2) is 0 Å². The van der Waals surface area contributed by atoms with Crippen LogP contribution in [0.2, 0.25) is 0 Å². The Morgan fingerprint density at radius 1 is 1.47 bits per heavy atom. The van der Waals surface area contributed by atoms with Crippen molar-refractivity contribution in [2.45, 2.75) is 13.3 Å². The molecule has 4 N–H and O–H groups in total. The summed E-state index contributed by atoms with van der Waals surface area (Å²) in [4.78, 5) is 21.3. The van der Waals surface area contributed by atoms with Gasteiger partial charge in [0, 0.05) is 30.6 Å². The summed E-state index contributed by atoms with van der Waals surface area (Å²) < 4.78 is 22.1. The highest BCUT2D eigenvalue weighted by atomic mass is 32.2. The lowest BCUT2D eigenvalue weighted by Gasteiger charge is -2.15. The summed E-state index contributed by atoms with van der Waals surface area (Å²) >= 11 is 0. The molecule has 0 saturated carbocycles. The fraction of sp³-hybridized carbons (Fsp3) is 0.500. The van der Waals surface area contributed by atoms with Crippen molar-refractivity contribution in [1.29, 1.82) is 0 Å². The number of carbonyl (C=O) groups is 1. The van der Waals surface area contributed by atoms with Gasteiger partial charge in [0.05, 0.1) is 5.75 Å². The monoisotopic (exact) mass is 285 g/mol. The lowest BCUT2D eigenvalue weighted by Crippen LogP contribution is -2.29. The van der Waals surface area contributed by atoms with Gasteiger partial charge in [-0.15, -0.1) is 0 Å². The van der Waals surface area contributed by atoms with Crippen LogP contribution in [0.4, 0.5) is 11.8 Å². The van der Waals surface area contributed by atoms with Crippen molar-refractivity contribution in [3.8, 4) is 0 Å². The fourth-order valence-corrected chi connectivity index (χ4v) is 2.99. The van der Waals surface area contributed by atoms with Gasteiger partial charge in [-0.3, -0.25) is 9.69 Å². The molecule has 9 heteroatoms. The topological polar surface area (TPSA) is 132 Å². The standard InChI is InChI=1S/C10H15N5O3S/c1-6-2-8(11)14-10(13-6)15-4-7(3-9(15)16)5-19(12,17)18/h2,7H,3-5H2,1H3,(H2,11,13,14)(H2,12,17,18). The first-order chi connectivity index (χ1) is 8.74. The molecule has 1 saturated heterocycles. The molecule has 19 heavy (non-hydrogen) atoms. The molecule has 1 aromatic heterocycles. The van der Waals surface area contributed by atoms with E-state index in [1.165, 1.54) is 4.90 Å². The predicted molar refractivity (Wildman–Crippen MR) is 69.6 cm³/mol. The van der Waals surface area contributed by atoms with Gasteiger partial charge < -0.3 is 5.73 Å². The van der Waals surface area contributed by atoms with Crippen molar-refractivity contribution in [3.63, 3.8) is 0 Å². The van der Waals surface area contributed by atoms with Crippen LogP contribution in [0.15, 0.2) is 6.07 Å². The van der Waals surface area contributed by atoms with Crippen LogP contribution in [0.1, 0.15) is 12.1 Å². The van der Waals surface area contributed by atoms with Crippen molar-refractivity contribution in [2.24, 2.45) is 11.1 Å². The minimum Gasteiger partial charge on any atom is -0.384 e. The van der Waals surface area contributed by atoms with Crippen LogP contribution in [-0.4, -0.2) is 36.6 Å². The normalized spacial score (nSPS) is 20.0. The number of nitrogens with two attached hydrogens (primary N) is 2. The second kappa shape index (κ2) is 4.74. The van der Waals surface area contributed by atoms with Crippen LogP contribution in [-0.2, 0) is 14.8 Å². The van der Waals surface area contributed by atoms with Gasteiger partial charge in [-0.2, -0.15) is 4.98 Å². The number of aryl methyl sites for hydroxylation is 1. The van der Waals surface area contributed by atoms with Crippen LogP contribution in [0, 0.1) is 12.8 Å². The largest absolute Gasteiger partial charge is 0.384 e. The maximum absolute atomic E-state index is 11.9. The van der Waals surface area contributed by atoms with E-state index in [0.717, 1.165) is 0 Å². The van der Waals surface area contributed by atoms with Gasteiger partial charge >= 0.3 is 0 Å². The first kappa shape index (κ1) is 13.7. The molecule has 0 spiro atoms. The second-order valence-corrected chi connectivity index (χ2v) is 6.30. The summed E-state index contributed by atoms with van der Waals surface area (Å²) in [5, 5.41) is 4.98. The molecular formula is C10H15N5O3S. The summed E-state index contributed by atoms with van der Waals surface area (Å²) in [7, 11) is -3.60. The quantitative estimate of drug-likeness (QED) is 0.732. The lowest BCUT2D eigenvalue weighted by atomic mass is 10.1. The summed E-state index contributed by atoms with van der Waals surface area (Å²) in [6.07, 6.45) is 0.119. The van der Waals surface area contributed by atoms with Gasteiger partial charge in [0.1, 0.15) is 5.82 Å². The Balaban J connectivity index is 2.20. The average Bonchev–Trinajstić information content (AvgIpc) is 2.54. The number of nitrogen functional groups attached to an aromatic ring is 1. The van der Waals surface area contributed by atoms with Crippen molar-refractivity contribution < 1.29 is 13.2 Å². The molecule has 1 unspecified atom stereocenters. The van der Waals surface area contributed by atoms with E-state index in [1.54, 1.807) is 13.0 Å². The number of amides is 1. The van der Waals surface area contributed by atoms with Gasteiger partial charge in [-0.25, -0.2) is 18.5 Å². The fourth-order valence-electron chi connectivity index (χ4n) is 2.11. The predicted octanol–water partition coefficient (Wildman–Crippen LogP) is -0.991. The van der Waals surface area contributed by atoms with E-state index in [4.69, 9.17) is 10.9 Å². The van der Waals surface area contributed by atoms with Gasteiger partial charge in [-0.05, 0) is 6.92 Å². The molecule has 2 heterocycles. The van der Waals surface area contributed by atoms with Crippen LogP contribution in [0.5, 0.6) is 0 Å². The van der Waals surface area contributed by atoms with Crippen LogP contribution < -0.4 is 15.8 Å². The van der Waals surface area contributed by atoms with E-state index in [0.29, 0.717) is 5.69 Å². The summed E-state index contributed by atoms with van der Waals surface area (Å²) in [6.45, 7) is 1.97. The van der Waals surface area contributed by atoms with E-state index in [2.05, 4.69) is 9.97 Å². The van der Waals surface area contributed by atoms with Gasteiger partial charge in [-0.1, -0.05) is 0 Å². The van der Waals surface area contributed by atoms with E-state index in [9.17, 15) is 13.2 Å². The molecule has 0 bridgehead atoms. The first-order valence-corrected chi connectivity index (χ1v) is 7.38. The number of sulfonamides is 1. The molecule has 1 amide bonds. The maximum Gasteiger partial charge on any atom is 0.234 e. The molecule has 0 aromatic carbocycles. The maximum atomic E-state index is 11.9. The highest BCUT2D eigenvalue weighted by Crippen LogP contribution is 2.23. The molecular weight excluding hydrogens is 270 g/mol. The molecule has 1 aromatic rings. The van der Waals surface area contributed by atoms with Gasteiger partial charge in [0.25, 0.3) is 0 Å². The second-order valence-electron chi connectivity index (χ2n) is 4.64. The number of nitrogens with zero attached hydrogens (tertiary/aromatic N) is 3. The molecule has 2 rings (SSSR count). The molecule has 1 atom stereocenters. The Morgan fingerprint density at radius 3 is 2.74 bits per heavy atom. The Kier molecular flexibility index (Phi) is 3.42. The van der Waals surface area contributed by atoms with Crippen LogP contribution in [0.3, 0.4) is 0 Å². The first-order valence-electron chi connectivity index (χ1n) is 5.66. The van der Waals surface area contributed by atoms with Crippen LogP contribution >= 0.6 is 0 Å². The molecule has 0 aliphatic carbocycles. The summed E-state index contributed by atoms with van der Waals surface area (Å²) in [5.41, 5.74) is 6.25. The van der Waals surface area contributed by atoms with E-state index < -0.39 is 10.0 Å². The van der Waals surface area contributed by atoms with Crippen molar-refractivity contribution in [3.05, 3.63) is 11.8 Å². The average molecular weight is 285 g/mol. The zero-order chi connectivity index (χ0) is 14.2. The summed E-state index contributed by atoms with van der Waals surface area (Å²) in [5.74, 6) is -0.313. The number of hydrogen-bond donors (Lipinski definition) is 2. The number of anilines is 2. The Morgan fingerprint density at radius 2 is 2.16 bits per heavy atom. The molecule has 1 aliphatic rings. The zero-order valence-electron chi connectivity index (χ0n) is 10.4. The van der Waals surface area contributed by atoms with Gasteiger partial charge in [0.2, 0.25) is 21.9 Å². The molecule has 104 valence electrons. The molecule has 1 aliphatic heterocycles. The number of aromatic nitrogens is 2. The molecule has 8 nitrogen and oxygen atoms in total. The Hall–Kier alpha value is -1.74. The minimum absolute atomic E-state index is 0.119. The van der Waals surface area contributed by atoms with E-state index >= 15 is 0 Å². The molecule has 1 fully saturated rings. The van der Waals surface area contributed by atoms with Crippen molar-refractivity contribution in [2.75, 3.05) is 22.9 Å². The SMILES string of the molecule is Cc1cc(N)nc(N2CC(CS(N)(=O)=O)CC2=O)n1. The minimum atomic E-state index is -3.60. The van der Waals surface area contributed by atoms with Crippen molar-refractivity contribution in [1.82, 2.24) is 9.97 Å². The highest BCUT2D eigenvalue weighted by molar-refractivity contribution is 7.89. The summed E-state index contributed by atoms with van der Waals surface area (Å²) in [6, 6.07) is 1.59. The number of carbonyl (C=O) groups excluding carboxylic acids is 1. The third-order valence-corrected chi connectivity index (χ3v) is 3.71. The van der Waals surface area contributed by atoms with E-state index in [1.807, 2.05) is 0 Å². The lowest BCUT2D eigenvalue weighted by molar-refractivity contribution is -0.117. The Labute approximate surface area is 110 Å². The molecule has 0 radical (unpaired) electrons. The number of rotatable bonds is 3. The van der Waals surface area contributed by atoms with Crippen molar-refractivity contribution >= 4 is 27.7 Å². The highest BCUT2D eigenvalue weighted by Gasteiger charge is 2.34. The van der Waals surface area contributed by atoms with Crippen LogP contribution in [0.25, 0.3) is 0 Å². The Bertz CT molecular complexity index is 595. The third-order valence-electron chi connectivity index (χ3n) is 2.78. The smallest absolute Gasteiger partial charge is 0.234 e. The zero-order valence-corrected chi connectivity index (χ0v) is 11.2. The number of primary sulfonamides is 1. The number of hydrogen-bond acceptors (Lipinski definition) is 6. The third kappa shape index (κ3) is 3.38.